The van der Waals surface area contributed by atoms with Gasteiger partial charge in [-0.25, -0.2) is 0 Å². The fraction of sp³-hybridized carbons (Fsp3) is 0.348. The summed E-state index contributed by atoms with van der Waals surface area (Å²) in [5, 5.41) is 10.6. The zero-order valence-electron chi connectivity index (χ0n) is 16.9. The minimum atomic E-state index is -0.746. The van der Waals surface area contributed by atoms with Crippen molar-refractivity contribution in [3.8, 4) is 0 Å². The molecule has 146 valence electrons. The second kappa shape index (κ2) is 7.23. The second-order valence-electron chi connectivity index (χ2n) is 8.41. The van der Waals surface area contributed by atoms with Gasteiger partial charge in [-0.15, -0.1) is 0 Å². The van der Waals surface area contributed by atoms with Crippen LogP contribution in [0.1, 0.15) is 51.9 Å². The van der Waals surface area contributed by atoms with Crippen molar-refractivity contribution in [2.45, 2.75) is 46.1 Å². The third kappa shape index (κ3) is 3.44. The van der Waals surface area contributed by atoms with E-state index in [9.17, 15) is 14.7 Å². The summed E-state index contributed by atoms with van der Waals surface area (Å²) in [4.78, 5) is 31.6. The Morgan fingerprint density at radius 1 is 1.11 bits per heavy atom. The third-order valence-electron chi connectivity index (χ3n) is 4.98. The summed E-state index contributed by atoms with van der Waals surface area (Å²) < 4.78 is 0. The van der Waals surface area contributed by atoms with Gasteiger partial charge in [-0.3, -0.25) is 19.5 Å². The van der Waals surface area contributed by atoms with Crippen molar-refractivity contribution < 1.29 is 14.7 Å². The van der Waals surface area contributed by atoms with Gasteiger partial charge in [0, 0.05) is 17.8 Å². The highest BCUT2D eigenvalue weighted by molar-refractivity contribution is 6.16. The van der Waals surface area contributed by atoms with E-state index in [0.717, 1.165) is 5.56 Å². The van der Waals surface area contributed by atoms with E-state index in [-0.39, 0.29) is 22.7 Å². The number of aliphatic hydroxyl groups excluding tert-OH is 1. The van der Waals surface area contributed by atoms with Gasteiger partial charge in [0.25, 0.3) is 5.91 Å². The van der Waals surface area contributed by atoms with Crippen molar-refractivity contribution in [1.82, 2.24) is 4.98 Å². The van der Waals surface area contributed by atoms with Crippen LogP contribution in [0.5, 0.6) is 0 Å². The zero-order chi connectivity index (χ0) is 20.6. The van der Waals surface area contributed by atoms with Crippen molar-refractivity contribution >= 4 is 17.4 Å². The van der Waals surface area contributed by atoms with Crippen LogP contribution in [0.2, 0.25) is 0 Å². The molecular weight excluding hydrogens is 352 g/mol. The highest BCUT2D eigenvalue weighted by Crippen LogP contribution is 2.41. The van der Waals surface area contributed by atoms with Gasteiger partial charge in [-0.05, 0) is 35.2 Å². The fourth-order valence-electron chi connectivity index (χ4n) is 3.37. The van der Waals surface area contributed by atoms with Crippen LogP contribution in [0.15, 0.2) is 60.0 Å². The largest absolute Gasteiger partial charge is 0.503 e. The van der Waals surface area contributed by atoms with E-state index in [1.165, 1.54) is 4.90 Å². The maximum Gasteiger partial charge on any atom is 0.294 e. The summed E-state index contributed by atoms with van der Waals surface area (Å²) >= 11 is 0. The average Bonchev–Trinajstić information content (AvgIpc) is 2.92. The summed E-state index contributed by atoms with van der Waals surface area (Å²) in [6, 6.07) is 12.2. The van der Waals surface area contributed by atoms with Crippen molar-refractivity contribution in [1.29, 1.82) is 0 Å². The number of hydrogen-bond donors (Lipinski definition) is 1. The van der Waals surface area contributed by atoms with Gasteiger partial charge in [0.1, 0.15) is 6.04 Å². The molecule has 0 bridgehead atoms. The van der Waals surface area contributed by atoms with Crippen molar-refractivity contribution in [2.75, 3.05) is 4.90 Å². The molecule has 1 aromatic carbocycles. The lowest BCUT2D eigenvalue weighted by atomic mass is 9.87. The minimum absolute atomic E-state index is 0.0207. The fourth-order valence-corrected chi connectivity index (χ4v) is 3.37. The Balaban J connectivity index is 2.12. The first-order valence-electron chi connectivity index (χ1n) is 9.45. The number of amides is 1. The molecule has 5 nitrogen and oxygen atoms in total. The molecule has 1 atom stereocenters. The molecule has 2 heterocycles. The number of nitrogens with zero attached hydrogens (tertiary/aromatic N) is 2. The van der Waals surface area contributed by atoms with Gasteiger partial charge in [-0.1, -0.05) is 52.8 Å². The Bertz CT molecular complexity index is 923. The number of Topliss-reactive ketones (excluding diaryl/α,β-unsaturated/α-hetero) is 1. The first kappa shape index (κ1) is 19.8. The molecule has 0 saturated heterocycles. The van der Waals surface area contributed by atoms with Crippen molar-refractivity contribution in [3.05, 3.63) is 71.3 Å². The number of aliphatic hydroxyl groups is 1. The van der Waals surface area contributed by atoms with Crippen LogP contribution in [0.3, 0.4) is 0 Å². The molecule has 1 N–H and O–H groups in total. The van der Waals surface area contributed by atoms with Crippen LogP contribution in [0.4, 0.5) is 5.69 Å². The van der Waals surface area contributed by atoms with E-state index >= 15 is 0 Å². The Morgan fingerprint density at radius 2 is 1.75 bits per heavy atom. The molecule has 0 saturated carbocycles. The molecule has 0 radical (unpaired) electrons. The number of carbonyl (C=O) groups excluding carboxylic acids is 2. The van der Waals surface area contributed by atoms with E-state index in [1.54, 1.807) is 38.2 Å². The third-order valence-corrected chi connectivity index (χ3v) is 4.98. The van der Waals surface area contributed by atoms with Crippen molar-refractivity contribution in [3.63, 3.8) is 0 Å². The minimum Gasteiger partial charge on any atom is -0.503 e. The summed E-state index contributed by atoms with van der Waals surface area (Å²) in [5.74, 6) is -1.67. The SMILES string of the molecule is CC(C)C(=O)C1=C(O)C(=O)N(c2ccc(C(C)(C)C)cc2)C1c1ccccn1. The number of carbonyl (C=O) groups is 2. The molecule has 0 fully saturated rings. The molecule has 3 rings (SSSR count). The van der Waals surface area contributed by atoms with Crippen LogP contribution in [-0.4, -0.2) is 21.8 Å². The molecule has 1 unspecified atom stereocenters. The van der Waals surface area contributed by atoms with Gasteiger partial charge in [0.2, 0.25) is 0 Å². The lowest BCUT2D eigenvalue weighted by molar-refractivity contribution is -0.119. The quantitative estimate of drug-likeness (QED) is 0.850. The maximum absolute atomic E-state index is 12.9. The summed E-state index contributed by atoms with van der Waals surface area (Å²) in [6.07, 6.45) is 1.62. The molecule has 1 aliphatic rings. The number of rotatable bonds is 4. The summed E-state index contributed by atoms with van der Waals surface area (Å²) in [7, 11) is 0. The molecule has 1 aromatic heterocycles. The Morgan fingerprint density at radius 3 is 2.25 bits per heavy atom. The number of ketones is 1. The highest BCUT2D eigenvalue weighted by Gasteiger charge is 2.45. The van der Waals surface area contributed by atoms with E-state index in [4.69, 9.17) is 0 Å². The molecule has 2 aromatic rings. The van der Waals surface area contributed by atoms with Crippen LogP contribution in [-0.2, 0) is 15.0 Å². The molecule has 0 aliphatic carbocycles. The zero-order valence-corrected chi connectivity index (χ0v) is 16.9. The maximum atomic E-state index is 12.9. The van der Waals surface area contributed by atoms with Crippen LogP contribution in [0.25, 0.3) is 0 Å². The average molecular weight is 378 g/mol. The Hall–Kier alpha value is -2.95. The van der Waals surface area contributed by atoms with Gasteiger partial charge in [0.05, 0.1) is 11.3 Å². The van der Waals surface area contributed by atoms with Crippen LogP contribution in [0, 0.1) is 5.92 Å². The van der Waals surface area contributed by atoms with Crippen molar-refractivity contribution in [2.24, 2.45) is 5.92 Å². The monoisotopic (exact) mass is 378 g/mol. The lowest BCUT2D eigenvalue weighted by Crippen LogP contribution is -2.32. The highest BCUT2D eigenvalue weighted by atomic mass is 16.3. The Labute approximate surface area is 165 Å². The van der Waals surface area contributed by atoms with E-state index in [0.29, 0.717) is 11.4 Å². The van der Waals surface area contributed by atoms with E-state index in [2.05, 4.69) is 25.8 Å². The number of aromatic nitrogens is 1. The molecule has 28 heavy (non-hydrogen) atoms. The second-order valence-corrected chi connectivity index (χ2v) is 8.41. The molecule has 0 spiro atoms. The van der Waals surface area contributed by atoms with Crippen LogP contribution < -0.4 is 4.90 Å². The number of pyridine rings is 1. The van der Waals surface area contributed by atoms with E-state index < -0.39 is 17.7 Å². The first-order chi connectivity index (χ1) is 13.1. The van der Waals surface area contributed by atoms with Gasteiger partial charge in [-0.2, -0.15) is 0 Å². The van der Waals surface area contributed by atoms with Gasteiger partial charge in [0.15, 0.2) is 11.5 Å². The lowest BCUT2D eigenvalue weighted by Gasteiger charge is -2.27. The standard InChI is InChI=1S/C23H26N2O3/c1-14(2)20(26)18-19(17-8-6-7-13-24-17)25(22(28)21(18)27)16-11-9-15(10-12-16)23(3,4)5/h6-14,19,27H,1-5H3. The predicted octanol–water partition coefficient (Wildman–Crippen LogP) is 4.50. The van der Waals surface area contributed by atoms with E-state index in [1.807, 2.05) is 24.3 Å². The first-order valence-corrected chi connectivity index (χ1v) is 9.45. The van der Waals surface area contributed by atoms with Gasteiger partial charge < -0.3 is 5.11 Å². The molecular formula is C23H26N2O3. The summed E-state index contributed by atoms with van der Waals surface area (Å²) in [6.45, 7) is 9.86. The molecule has 5 heteroatoms. The smallest absolute Gasteiger partial charge is 0.294 e. The summed E-state index contributed by atoms with van der Waals surface area (Å²) in [5.41, 5.74) is 2.38. The topological polar surface area (TPSA) is 70.5 Å². The normalized spacial score (nSPS) is 17.6. The molecule has 1 aliphatic heterocycles. The Kier molecular flexibility index (Phi) is 5.11. The molecule has 1 amide bonds. The van der Waals surface area contributed by atoms with Crippen LogP contribution >= 0.6 is 0 Å². The number of anilines is 1. The predicted molar refractivity (Wildman–Crippen MR) is 109 cm³/mol. The van der Waals surface area contributed by atoms with Gasteiger partial charge >= 0.3 is 0 Å². The number of hydrogen-bond acceptors (Lipinski definition) is 4. The number of benzene rings is 1.